The van der Waals surface area contributed by atoms with Gasteiger partial charge >= 0.3 is 0 Å². The van der Waals surface area contributed by atoms with Crippen LogP contribution < -0.4 is 5.32 Å². The third-order valence-electron chi connectivity index (χ3n) is 5.28. The molecule has 8 heteroatoms. The Morgan fingerprint density at radius 2 is 1.73 bits per heavy atom. The number of amides is 1. The van der Waals surface area contributed by atoms with E-state index >= 15 is 0 Å². The summed E-state index contributed by atoms with van der Waals surface area (Å²) in [5.41, 5.74) is 0.527. The predicted molar refractivity (Wildman–Crippen MR) is 104 cm³/mol. The molecule has 2 heterocycles. The zero-order chi connectivity index (χ0) is 18.0. The minimum Gasteiger partial charge on any atom is -0.339 e. The lowest BCUT2D eigenvalue weighted by molar-refractivity contribution is 0.0773. The molecule has 2 bridgehead atoms. The highest BCUT2D eigenvalue weighted by Crippen LogP contribution is 2.25. The van der Waals surface area contributed by atoms with E-state index in [0.29, 0.717) is 37.8 Å². The average Bonchev–Trinajstić information content (AvgIpc) is 2.94. The fourth-order valence-electron chi connectivity index (χ4n) is 3.74. The van der Waals surface area contributed by atoms with E-state index in [1.54, 1.807) is 33.5 Å². The Kier molecular flexibility index (Phi) is 7.07. The highest BCUT2D eigenvalue weighted by molar-refractivity contribution is 7.89. The van der Waals surface area contributed by atoms with Crippen molar-refractivity contribution in [3.05, 3.63) is 29.8 Å². The zero-order valence-electron chi connectivity index (χ0n) is 15.3. The molecule has 6 nitrogen and oxygen atoms in total. The SMILES string of the molecule is CCN(CC)C(=O)c1ccc(S(=O)(=O)N2CCC3CCC(C2)N3)cc1.Cl. The Balaban J connectivity index is 0.00000243. The molecule has 2 unspecified atom stereocenters. The first-order valence-corrected chi connectivity index (χ1v) is 10.5. The number of nitrogens with zero attached hydrogens (tertiary/aromatic N) is 2. The van der Waals surface area contributed by atoms with E-state index in [1.807, 2.05) is 13.8 Å². The molecule has 1 aromatic carbocycles. The molecule has 0 aromatic heterocycles. The molecular weight excluding hydrogens is 374 g/mol. The van der Waals surface area contributed by atoms with Gasteiger partial charge in [0.25, 0.3) is 5.91 Å². The third-order valence-corrected chi connectivity index (χ3v) is 7.16. The molecule has 0 aliphatic carbocycles. The van der Waals surface area contributed by atoms with Crippen molar-refractivity contribution in [2.24, 2.45) is 0 Å². The van der Waals surface area contributed by atoms with Crippen molar-refractivity contribution in [3.63, 3.8) is 0 Å². The van der Waals surface area contributed by atoms with Gasteiger partial charge in [0.1, 0.15) is 0 Å². The van der Waals surface area contributed by atoms with E-state index in [9.17, 15) is 13.2 Å². The summed E-state index contributed by atoms with van der Waals surface area (Å²) in [5, 5.41) is 3.50. The Hall–Kier alpha value is -1.15. The van der Waals surface area contributed by atoms with Gasteiger partial charge in [0.2, 0.25) is 10.0 Å². The van der Waals surface area contributed by atoms with Crippen molar-refractivity contribution in [2.75, 3.05) is 26.2 Å². The second-order valence-electron chi connectivity index (χ2n) is 6.79. The number of hydrogen-bond donors (Lipinski definition) is 1. The van der Waals surface area contributed by atoms with Crippen molar-refractivity contribution in [1.29, 1.82) is 0 Å². The highest BCUT2D eigenvalue weighted by Gasteiger charge is 2.34. The minimum absolute atomic E-state index is 0. The van der Waals surface area contributed by atoms with Gasteiger partial charge in [0.15, 0.2) is 0 Å². The predicted octanol–water partition coefficient (Wildman–Crippen LogP) is 2.11. The zero-order valence-corrected chi connectivity index (χ0v) is 17.0. The maximum absolute atomic E-state index is 12.9. The Bertz CT molecular complexity index is 720. The number of benzene rings is 1. The molecule has 2 saturated heterocycles. The number of fused-ring (bicyclic) bond motifs is 2. The van der Waals surface area contributed by atoms with Crippen LogP contribution in [0.25, 0.3) is 0 Å². The van der Waals surface area contributed by atoms with Gasteiger partial charge in [-0.25, -0.2) is 8.42 Å². The number of hydrogen-bond acceptors (Lipinski definition) is 4. The van der Waals surface area contributed by atoms with Gasteiger partial charge in [0.05, 0.1) is 4.90 Å². The normalized spacial score (nSPS) is 23.2. The molecule has 0 spiro atoms. The van der Waals surface area contributed by atoms with Gasteiger partial charge in [-0.3, -0.25) is 4.79 Å². The molecule has 3 rings (SSSR count). The van der Waals surface area contributed by atoms with Crippen LogP contribution in [0.3, 0.4) is 0 Å². The van der Waals surface area contributed by atoms with Crippen LogP contribution in [0.4, 0.5) is 0 Å². The monoisotopic (exact) mass is 401 g/mol. The first-order valence-electron chi connectivity index (χ1n) is 9.11. The molecule has 1 N–H and O–H groups in total. The minimum atomic E-state index is -3.51. The molecule has 1 amide bonds. The molecule has 2 fully saturated rings. The van der Waals surface area contributed by atoms with E-state index < -0.39 is 10.0 Å². The van der Waals surface area contributed by atoms with Crippen LogP contribution in [-0.2, 0) is 10.0 Å². The summed E-state index contributed by atoms with van der Waals surface area (Å²) in [6.45, 7) is 6.22. The van der Waals surface area contributed by atoms with Crippen LogP contribution in [0.15, 0.2) is 29.2 Å². The first-order chi connectivity index (χ1) is 12.0. The standard InChI is InChI=1S/C18H27N3O3S.ClH/c1-3-20(4-2)18(22)14-5-9-17(10-6-14)25(23,24)21-12-11-15-7-8-16(13-21)19-15;/h5-6,9-10,15-16,19H,3-4,7-8,11-13H2,1-2H3;1H. The fraction of sp³-hybridized carbons (Fsp3) is 0.611. The maximum atomic E-state index is 12.9. The number of halogens is 1. The molecule has 1 aromatic rings. The van der Waals surface area contributed by atoms with Crippen LogP contribution in [0.1, 0.15) is 43.5 Å². The van der Waals surface area contributed by atoms with Gasteiger partial charge in [-0.15, -0.1) is 12.4 Å². The molecule has 2 atom stereocenters. The van der Waals surface area contributed by atoms with E-state index in [-0.39, 0.29) is 29.3 Å². The van der Waals surface area contributed by atoms with Crippen molar-refractivity contribution in [1.82, 2.24) is 14.5 Å². The lowest BCUT2D eigenvalue weighted by Crippen LogP contribution is -2.39. The van der Waals surface area contributed by atoms with Crippen LogP contribution in [-0.4, -0.2) is 61.8 Å². The van der Waals surface area contributed by atoms with Crippen LogP contribution in [0, 0.1) is 0 Å². The second-order valence-corrected chi connectivity index (χ2v) is 8.73. The molecule has 0 radical (unpaired) electrons. The maximum Gasteiger partial charge on any atom is 0.253 e. The van der Waals surface area contributed by atoms with Crippen LogP contribution in [0.5, 0.6) is 0 Å². The van der Waals surface area contributed by atoms with E-state index in [1.165, 1.54) is 0 Å². The molecule has 2 aliphatic rings. The van der Waals surface area contributed by atoms with E-state index in [2.05, 4.69) is 5.32 Å². The number of sulfonamides is 1. The van der Waals surface area contributed by atoms with Gasteiger partial charge in [0, 0.05) is 43.8 Å². The van der Waals surface area contributed by atoms with Crippen molar-refractivity contribution in [3.8, 4) is 0 Å². The van der Waals surface area contributed by atoms with Crippen LogP contribution >= 0.6 is 12.4 Å². The quantitative estimate of drug-likeness (QED) is 0.820. The lowest BCUT2D eigenvalue weighted by atomic mass is 10.1. The molecule has 26 heavy (non-hydrogen) atoms. The Morgan fingerprint density at radius 3 is 2.35 bits per heavy atom. The van der Waals surface area contributed by atoms with Crippen molar-refractivity contribution < 1.29 is 13.2 Å². The smallest absolute Gasteiger partial charge is 0.253 e. The summed E-state index contributed by atoms with van der Waals surface area (Å²) in [4.78, 5) is 14.3. The summed E-state index contributed by atoms with van der Waals surface area (Å²) >= 11 is 0. The van der Waals surface area contributed by atoms with Gasteiger partial charge in [-0.2, -0.15) is 4.31 Å². The van der Waals surface area contributed by atoms with Crippen molar-refractivity contribution >= 4 is 28.3 Å². The topological polar surface area (TPSA) is 69.7 Å². The first kappa shape index (κ1) is 21.2. The van der Waals surface area contributed by atoms with Gasteiger partial charge in [-0.05, 0) is 57.4 Å². The van der Waals surface area contributed by atoms with Crippen LogP contribution in [0.2, 0.25) is 0 Å². The van der Waals surface area contributed by atoms with E-state index in [4.69, 9.17) is 0 Å². The number of carbonyl (C=O) groups is 1. The summed E-state index contributed by atoms with van der Waals surface area (Å²) in [5.74, 6) is -0.0646. The third kappa shape index (κ3) is 4.22. The van der Waals surface area contributed by atoms with Gasteiger partial charge in [-0.1, -0.05) is 0 Å². The second kappa shape index (κ2) is 8.69. The lowest BCUT2D eigenvalue weighted by Gasteiger charge is -2.24. The largest absolute Gasteiger partial charge is 0.339 e. The Labute approximate surface area is 162 Å². The highest BCUT2D eigenvalue weighted by atomic mass is 35.5. The van der Waals surface area contributed by atoms with E-state index in [0.717, 1.165) is 19.3 Å². The number of carbonyl (C=O) groups excluding carboxylic acids is 1. The molecule has 2 aliphatic heterocycles. The number of nitrogens with one attached hydrogen (secondary N) is 1. The van der Waals surface area contributed by atoms with Crippen molar-refractivity contribution in [2.45, 2.75) is 50.1 Å². The summed E-state index contributed by atoms with van der Waals surface area (Å²) in [6, 6.07) is 7.06. The summed E-state index contributed by atoms with van der Waals surface area (Å²) < 4.78 is 27.5. The molecule has 146 valence electrons. The molecule has 0 saturated carbocycles. The fourth-order valence-corrected chi connectivity index (χ4v) is 5.24. The summed E-state index contributed by atoms with van der Waals surface area (Å²) in [6.07, 6.45) is 3.03. The molecular formula is C18H28ClN3O3S. The number of rotatable bonds is 5. The average molecular weight is 402 g/mol. The summed E-state index contributed by atoms with van der Waals surface area (Å²) in [7, 11) is -3.51. The Morgan fingerprint density at radius 1 is 1.12 bits per heavy atom. The van der Waals surface area contributed by atoms with Gasteiger partial charge < -0.3 is 10.2 Å².